The lowest BCUT2D eigenvalue weighted by Gasteiger charge is -2.06. The monoisotopic (exact) mass is 300 g/mol. The van der Waals surface area contributed by atoms with Crippen molar-refractivity contribution in [3.63, 3.8) is 0 Å². The van der Waals surface area contributed by atoms with Crippen LogP contribution >= 0.6 is 0 Å². The van der Waals surface area contributed by atoms with Crippen molar-refractivity contribution >= 4 is 11.4 Å². The van der Waals surface area contributed by atoms with Crippen molar-refractivity contribution in [1.82, 2.24) is 9.78 Å². The Morgan fingerprint density at radius 2 is 2.10 bits per heavy atom. The maximum atomic E-state index is 12.4. The van der Waals surface area contributed by atoms with E-state index >= 15 is 0 Å². The minimum Gasteiger partial charge on any atom is -0.383 e. The normalized spacial score (nSPS) is 11.4. The van der Waals surface area contributed by atoms with E-state index in [0.29, 0.717) is 11.3 Å². The van der Waals surface area contributed by atoms with E-state index in [2.05, 4.69) is 10.4 Å². The van der Waals surface area contributed by atoms with E-state index in [4.69, 9.17) is 0 Å². The van der Waals surface area contributed by atoms with Crippen LogP contribution in [-0.2, 0) is 12.7 Å². The molecular weight excluding hydrogens is 289 g/mol. The van der Waals surface area contributed by atoms with Gasteiger partial charge in [0.1, 0.15) is 5.69 Å². The van der Waals surface area contributed by atoms with E-state index in [1.807, 2.05) is 0 Å². The zero-order valence-corrected chi connectivity index (χ0v) is 10.9. The molecule has 0 amide bonds. The summed E-state index contributed by atoms with van der Waals surface area (Å²) in [6.45, 7) is 0.0861. The van der Waals surface area contributed by atoms with Crippen molar-refractivity contribution in [3.05, 3.63) is 51.8 Å². The number of rotatable bonds is 4. The number of nitro groups is 1. The van der Waals surface area contributed by atoms with Crippen molar-refractivity contribution in [3.8, 4) is 0 Å². The quantitative estimate of drug-likeness (QED) is 0.696. The van der Waals surface area contributed by atoms with Crippen LogP contribution in [0.5, 0.6) is 0 Å². The van der Waals surface area contributed by atoms with Gasteiger partial charge in [0, 0.05) is 19.3 Å². The van der Waals surface area contributed by atoms with Gasteiger partial charge in [0.05, 0.1) is 11.5 Å². The molecule has 21 heavy (non-hydrogen) atoms. The molecule has 0 unspecified atom stereocenters. The Morgan fingerprint density at radius 3 is 2.62 bits per heavy atom. The molecule has 0 saturated heterocycles. The fourth-order valence-electron chi connectivity index (χ4n) is 1.83. The summed E-state index contributed by atoms with van der Waals surface area (Å²) in [5, 5.41) is 16.9. The van der Waals surface area contributed by atoms with Crippen LogP contribution in [0.3, 0.4) is 0 Å². The molecule has 9 heteroatoms. The number of anilines is 1. The zero-order chi connectivity index (χ0) is 15.6. The molecule has 0 aliphatic heterocycles. The lowest BCUT2D eigenvalue weighted by molar-refractivity contribution is -0.384. The molecule has 0 radical (unpaired) electrons. The SMILES string of the molecule is CNc1cc(Cn2ccc(C(F)(F)F)n2)ccc1[N+](=O)[O-]. The van der Waals surface area contributed by atoms with Crippen LogP contribution in [-0.4, -0.2) is 21.8 Å². The fourth-order valence-corrected chi connectivity index (χ4v) is 1.83. The second-order valence-corrected chi connectivity index (χ2v) is 4.25. The van der Waals surface area contributed by atoms with Crippen molar-refractivity contribution < 1.29 is 18.1 Å². The van der Waals surface area contributed by atoms with Gasteiger partial charge in [0.15, 0.2) is 5.69 Å². The van der Waals surface area contributed by atoms with Gasteiger partial charge in [-0.25, -0.2) is 0 Å². The summed E-state index contributed by atoms with van der Waals surface area (Å²) in [5.74, 6) is 0. The number of alkyl halides is 3. The van der Waals surface area contributed by atoms with E-state index in [0.717, 1.165) is 10.7 Å². The average molecular weight is 300 g/mol. The Bertz CT molecular complexity index is 667. The second kappa shape index (κ2) is 5.43. The number of nitrogens with zero attached hydrogens (tertiary/aromatic N) is 3. The third-order valence-corrected chi connectivity index (χ3v) is 2.80. The molecule has 112 valence electrons. The molecular formula is C12H11F3N4O2. The van der Waals surface area contributed by atoms with Crippen molar-refractivity contribution in [2.75, 3.05) is 12.4 Å². The molecule has 0 bridgehead atoms. The molecule has 2 aromatic rings. The molecule has 0 fully saturated rings. The van der Waals surface area contributed by atoms with Crippen LogP contribution in [0, 0.1) is 10.1 Å². The first kappa shape index (κ1) is 14.8. The van der Waals surface area contributed by atoms with Gasteiger partial charge >= 0.3 is 6.18 Å². The predicted octanol–water partition coefficient (Wildman–Crippen LogP) is 2.90. The molecule has 1 aromatic heterocycles. The molecule has 0 atom stereocenters. The number of benzene rings is 1. The van der Waals surface area contributed by atoms with Crippen LogP contribution in [0.1, 0.15) is 11.3 Å². The first-order valence-electron chi connectivity index (χ1n) is 5.87. The van der Waals surface area contributed by atoms with Gasteiger partial charge < -0.3 is 5.32 Å². The minimum absolute atomic E-state index is 0.0861. The van der Waals surface area contributed by atoms with Crippen LogP contribution < -0.4 is 5.32 Å². The van der Waals surface area contributed by atoms with Gasteiger partial charge in [0.25, 0.3) is 5.69 Å². The number of nitrogens with one attached hydrogen (secondary N) is 1. The van der Waals surface area contributed by atoms with Gasteiger partial charge in [-0.2, -0.15) is 18.3 Å². The number of hydrogen-bond acceptors (Lipinski definition) is 4. The largest absolute Gasteiger partial charge is 0.435 e. The standard InChI is InChI=1S/C12H11F3N4O2/c1-16-9-6-8(2-3-10(9)19(20)21)7-18-5-4-11(17-18)12(13,14)15/h2-6,16H,7H2,1H3. The summed E-state index contributed by atoms with van der Waals surface area (Å²) in [7, 11) is 1.53. The molecule has 1 heterocycles. The van der Waals surface area contributed by atoms with Crippen LogP contribution in [0.25, 0.3) is 0 Å². The van der Waals surface area contributed by atoms with E-state index in [-0.39, 0.29) is 12.2 Å². The van der Waals surface area contributed by atoms with Crippen LogP contribution in [0.4, 0.5) is 24.5 Å². The summed E-state index contributed by atoms with van der Waals surface area (Å²) in [4.78, 5) is 10.3. The third kappa shape index (κ3) is 3.30. The van der Waals surface area contributed by atoms with Crippen LogP contribution in [0.2, 0.25) is 0 Å². The summed E-state index contributed by atoms with van der Waals surface area (Å²) >= 11 is 0. The highest BCUT2D eigenvalue weighted by Crippen LogP contribution is 2.28. The summed E-state index contributed by atoms with van der Waals surface area (Å²) in [6.07, 6.45) is -3.28. The fraction of sp³-hybridized carbons (Fsp3) is 0.250. The first-order chi connectivity index (χ1) is 9.81. The van der Waals surface area contributed by atoms with E-state index in [9.17, 15) is 23.3 Å². The average Bonchev–Trinajstić information content (AvgIpc) is 2.86. The molecule has 1 aromatic carbocycles. The molecule has 1 N–H and O–H groups in total. The van der Waals surface area contributed by atoms with Crippen molar-refractivity contribution in [2.24, 2.45) is 0 Å². The molecule has 0 saturated carbocycles. The summed E-state index contributed by atoms with van der Waals surface area (Å²) in [6, 6.07) is 5.17. The minimum atomic E-state index is -4.49. The number of hydrogen-bond donors (Lipinski definition) is 1. The maximum absolute atomic E-state index is 12.4. The highest BCUT2D eigenvalue weighted by Gasteiger charge is 2.33. The van der Waals surface area contributed by atoms with E-state index in [1.54, 1.807) is 0 Å². The molecule has 0 aliphatic carbocycles. The number of aromatic nitrogens is 2. The number of nitro benzene ring substituents is 1. The summed E-state index contributed by atoms with van der Waals surface area (Å²) < 4.78 is 38.4. The topological polar surface area (TPSA) is 73.0 Å². The summed E-state index contributed by atoms with van der Waals surface area (Å²) in [5.41, 5.74) is -0.182. The van der Waals surface area contributed by atoms with Crippen LogP contribution in [0.15, 0.2) is 30.5 Å². The van der Waals surface area contributed by atoms with Crippen molar-refractivity contribution in [1.29, 1.82) is 0 Å². The van der Waals surface area contributed by atoms with E-state index < -0.39 is 16.8 Å². The predicted molar refractivity (Wildman–Crippen MR) is 69.0 cm³/mol. The van der Waals surface area contributed by atoms with Gasteiger partial charge in [0.2, 0.25) is 0 Å². The molecule has 6 nitrogen and oxygen atoms in total. The Labute approximate surface area is 117 Å². The Balaban J connectivity index is 2.24. The van der Waals surface area contributed by atoms with Gasteiger partial charge in [-0.15, -0.1) is 0 Å². The van der Waals surface area contributed by atoms with Crippen molar-refractivity contribution in [2.45, 2.75) is 12.7 Å². The molecule has 0 spiro atoms. The lowest BCUT2D eigenvalue weighted by atomic mass is 10.1. The highest BCUT2D eigenvalue weighted by atomic mass is 19.4. The van der Waals surface area contributed by atoms with Gasteiger partial charge in [-0.3, -0.25) is 14.8 Å². The molecule has 2 rings (SSSR count). The second-order valence-electron chi connectivity index (χ2n) is 4.25. The smallest absolute Gasteiger partial charge is 0.383 e. The van der Waals surface area contributed by atoms with E-state index in [1.165, 1.54) is 31.4 Å². The lowest BCUT2D eigenvalue weighted by Crippen LogP contribution is -2.08. The Kier molecular flexibility index (Phi) is 3.83. The third-order valence-electron chi connectivity index (χ3n) is 2.80. The number of halogens is 3. The zero-order valence-electron chi connectivity index (χ0n) is 10.9. The highest BCUT2D eigenvalue weighted by molar-refractivity contribution is 5.62. The molecule has 0 aliphatic rings. The van der Waals surface area contributed by atoms with Gasteiger partial charge in [-0.1, -0.05) is 6.07 Å². The maximum Gasteiger partial charge on any atom is 0.435 e. The Hall–Kier alpha value is -2.58. The Morgan fingerprint density at radius 1 is 1.38 bits per heavy atom. The van der Waals surface area contributed by atoms with Gasteiger partial charge in [-0.05, 0) is 17.7 Å². The first-order valence-corrected chi connectivity index (χ1v) is 5.87.